The van der Waals surface area contributed by atoms with Crippen LogP contribution in [-0.4, -0.2) is 24.6 Å². The molecule has 0 radical (unpaired) electrons. The van der Waals surface area contributed by atoms with Crippen molar-refractivity contribution < 1.29 is 19.1 Å². The van der Waals surface area contributed by atoms with Crippen LogP contribution in [-0.2, 0) is 14.3 Å². The number of ether oxygens (including phenoxy) is 2. The predicted molar refractivity (Wildman–Crippen MR) is 116 cm³/mol. The van der Waals surface area contributed by atoms with Crippen molar-refractivity contribution in [1.82, 2.24) is 0 Å². The number of nitrogens with zero attached hydrogens (tertiary/aromatic N) is 1. The summed E-state index contributed by atoms with van der Waals surface area (Å²) in [7, 11) is 1.40. The van der Waals surface area contributed by atoms with Crippen molar-refractivity contribution in [2.75, 3.05) is 7.11 Å². The van der Waals surface area contributed by atoms with E-state index in [1.54, 1.807) is 6.07 Å². The lowest BCUT2D eigenvalue weighted by Gasteiger charge is -2.23. The van der Waals surface area contributed by atoms with E-state index in [1.807, 2.05) is 33.8 Å². The van der Waals surface area contributed by atoms with Crippen LogP contribution < -0.4 is 10.6 Å². The maximum absolute atomic E-state index is 12.4. The molecule has 2 atom stereocenters. The second-order valence-corrected chi connectivity index (χ2v) is 9.39. The number of methoxy groups -OCH3 is 1. The van der Waals surface area contributed by atoms with Gasteiger partial charge in [-0.05, 0) is 83.1 Å². The van der Waals surface area contributed by atoms with E-state index >= 15 is 0 Å². The van der Waals surface area contributed by atoms with Gasteiger partial charge < -0.3 is 9.47 Å². The molecule has 3 rings (SSSR count). The summed E-state index contributed by atoms with van der Waals surface area (Å²) in [5.74, 6) is 0.212. The largest absolute Gasteiger partial charge is 0.465 e. The maximum atomic E-state index is 12.4. The molecule has 1 aromatic carbocycles. The van der Waals surface area contributed by atoms with Gasteiger partial charge in [-0.2, -0.15) is 0 Å². The van der Waals surface area contributed by atoms with Gasteiger partial charge in [-0.1, -0.05) is 18.9 Å². The molecule has 1 heterocycles. The number of esters is 2. The fraction of sp³-hybridized carbons (Fsp3) is 0.560. The van der Waals surface area contributed by atoms with Gasteiger partial charge >= 0.3 is 11.9 Å². The number of rotatable bonds is 4. The van der Waals surface area contributed by atoms with Gasteiger partial charge in [0.1, 0.15) is 5.60 Å². The van der Waals surface area contributed by atoms with Crippen molar-refractivity contribution in [2.45, 2.75) is 71.8 Å². The Balaban J connectivity index is 1.64. The van der Waals surface area contributed by atoms with Crippen molar-refractivity contribution in [3.8, 4) is 0 Å². The fourth-order valence-corrected chi connectivity index (χ4v) is 4.27. The number of hydrogen-bond donors (Lipinski definition) is 0. The van der Waals surface area contributed by atoms with Gasteiger partial charge in [-0.3, -0.25) is 4.79 Å². The van der Waals surface area contributed by atoms with Gasteiger partial charge in [0, 0.05) is 5.22 Å². The number of allylic oxidation sites excluding steroid dienone is 2. The molecule has 2 unspecified atom stereocenters. The van der Waals surface area contributed by atoms with E-state index in [9.17, 15) is 9.59 Å². The van der Waals surface area contributed by atoms with E-state index in [0.29, 0.717) is 11.5 Å². The summed E-state index contributed by atoms with van der Waals surface area (Å²) in [6.07, 6.45) is 10.2. The molecule has 0 amide bonds. The first-order valence-electron chi connectivity index (χ1n) is 10.9. The minimum atomic E-state index is -0.423. The average molecular weight is 412 g/mol. The Bertz CT molecular complexity index is 968. The lowest BCUT2D eigenvalue weighted by molar-refractivity contribution is -0.160. The van der Waals surface area contributed by atoms with Crippen LogP contribution in [0.25, 0.3) is 6.08 Å². The quantitative estimate of drug-likeness (QED) is 0.555. The van der Waals surface area contributed by atoms with Gasteiger partial charge in [0.25, 0.3) is 0 Å². The molecule has 0 spiro atoms. The molecule has 30 heavy (non-hydrogen) atoms. The summed E-state index contributed by atoms with van der Waals surface area (Å²) in [5.41, 5.74) is 2.01. The van der Waals surface area contributed by atoms with E-state index in [0.717, 1.165) is 60.4 Å². The maximum Gasteiger partial charge on any atom is 0.338 e. The van der Waals surface area contributed by atoms with E-state index in [-0.39, 0.29) is 17.9 Å². The van der Waals surface area contributed by atoms with Gasteiger partial charge in [0.05, 0.1) is 29.6 Å². The standard InChI is InChI=1S/C25H33NO4/c1-16-20(24(28)29-5)13-14-22-21(16)15-19(26-22)12-10-17-7-6-8-18(11-9-17)23(27)30-25(2,3)4/h12-15,17-18H,6-11H2,1-5H3. The number of hydrogen-bond acceptors (Lipinski definition) is 5. The van der Waals surface area contributed by atoms with Crippen LogP contribution in [0.2, 0.25) is 0 Å². The zero-order valence-electron chi connectivity index (χ0n) is 18.8. The number of fused-ring (bicyclic) bond motifs is 1. The van der Waals surface area contributed by atoms with E-state index in [2.05, 4.69) is 12.2 Å². The summed E-state index contributed by atoms with van der Waals surface area (Å²) in [6, 6.07) is 3.66. The molecule has 5 heteroatoms. The Morgan fingerprint density at radius 1 is 1.17 bits per heavy atom. The monoisotopic (exact) mass is 411 g/mol. The smallest absolute Gasteiger partial charge is 0.338 e. The second kappa shape index (κ2) is 9.15. The second-order valence-electron chi connectivity index (χ2n) is 9.39. The zero-order valence-corrected chi connectivity index (χ0v) is 18.8. The minimum Gasteiger partial charge on any atom is -0.465 e. The summed E-state index contributed by atoms with van der Waals surface area (Å²) in [6.45, 7) is 7.70. The fourth-order valence-electron chi connectivity index (χ4n) is 4.27. The Labute approximate surface area is 178 Å². The van der Waals surface area contributed by atoms with Crippen LogP contribution in [0, 0.1) is 18.8 Å². The van der Waals surface area contributed by atoms with E-state index < -0.39 is 5.60 Å². The Hall–Kier alpha value is -2.43. The minimum absolute atomic E-state index is 0.0215. The Morgan fingerprint density at radius 2 is 1.93 bits per heavy atom. The summed E-state index contributed by atoms with van der Waals surface area (Å²) < 4.78 is 10.5. The lowest BCUT2D eigenvalue weighted by Crippen LogP contribution is -2.28. The van der Waals surface area contributed by atoms with Crippen LogP contribution in [0.15, 0.2) is 28.9 Å². The zero-order chi connectivity index (χ0) is 21.9. The summed E-state index contributed by atoms with van der Waals surface area (Å²) in [5, 5.41) is 1.90. The molecule has 5 nitrogen and oxygen atoms in total. The first-order chi connectivity index (χ1) is 14.2. The van der Waals surface area contributed by atoms with Crippen molar-refractivity contribution in [2.24, 2.45) is 16.8 Å². The lowest BCUT2D eigenvalue weighted by atomic mass is 9.95. The molecule has 162 valence electrons. The first-order valence-corrected chi connectivity index (χ1v) is 10.9. The highest BCUT2D eigenvalue weighted by Gasteiger charge is 2.28. The molecule has 1 aromatic rings. The highest BCUT2D eigenvalue weighted by Crippen LogP contribution is 2.31. The normalized spacial score (nSPS) is 22.5. The van der Waals surface area contributed by atoms with Crippen molar-refractivity contribution in [3.63, 3.8) is 0 Å². The van der Waals surface area contributed by atoms with Crippen LogP contribution in [0.5, 0.6) is 0 Å². The molecule has 1 aliphatic heterocycles. The number of carbonyl (C=O) groups is 2. The van der Waals surface area contributed by atoms with E-state index in [4.69, 9.17) is 14.5 Å². The molecule has 0 saturated heterocycles. The highest BCUT2D eigenvalue weighted by atomic mass is 16.6. The third kappa shape index (κ3) is 5.38. The third-order valence-electron chi connectivity index (χ3n) is 5.93. The molecule has 1 aliphatic carbocycles. The molecule has 1 fully saturated rings. The van der Waals surface area contributed by atoms with Gasteiger partial charge in [0.15, 0.2) is 0 Å². The first kappa shape index (κ1) is 22.3. The highest BCUT2D eigenvalue weighted by molar-refractivity contribution is 5.91. The molecular weight excluding hydrogens is 378 g/mol. The van der Waals surface area contributed by atoms with Gasteiger partial charge in [-0.15, -0.1) is 0 Å². The molecule has 0 N–H and O–H groups in total. The summed E-state index contributed by atoms with van der Waals surface area (Å²) in [4.78, 5) is 29.0. The van der Waals surface area contributed by atoms with Gasteiger partial charge in [0.2, 0.25) is 0 Å². The Morgan fingerprint density at radius 3 is 2.63 bits per heavy atom. The average Bonchev–Trinajstić information content (AvgIpc) is 2.95. The number of carbonyl (C=O) groups excluding carboxylic acids is 2. The van der Waals surface area contributed by atoms with Crippen molar-refractivity contribution >= 4 is 18.0 Å². The van der Waals surface area contributed by atoms with E-state index in [1.165, 1.54) is 7.11 Å². The SMILES string of the molecule is COC(=O)c1ccc2c(c1C)=CC(=CCC1CCCC(C(=O)OC(C)(C)C)CC1)N=2. The molecule has 1 saturated carbocycles. The van der Waals surface area contributed by atoms with Crippen LogP contribution in [0.3, 0.4) is 0 Å². The molecule has 0 bridgehead atoms. The van der Waals surface area contributed by atoms with Crippen LogP contribution in [0.1, 0.15) is 75.2 Å². The third-order valence-corrected chi connectivity index (χ3v) is 5.93. The Kier molecular flexibility index (Phi) is 6.79. The number of benzene rings is 1. The molecule has 2 aliphatic rings. The van der Waals surface area contributed by atoms with Crippen molar-refractivity contribution in [3.05, 3.63) is 45.6 Å². The predicted octanol–water partition coefficient (Wildman–Crippen LogP) is 4.01. The molecular formula is C25H33NO4. The molecule has 0 aromatic heterocycles. The van der Waals surface area contributed by atoms with Crippen LogP contribution in [0.4, 0.5) is 0 Å². The summed E-state index contributed by atoms with van der Waals surface area (Å²) >= 11 is 0. The van der Waals surface area contributed by atoms with Crippen LogP contribution >= 0.6 is 0 Å². The van der Waals surface area contributed by atoms with Crippen molar-refractivity contribution in [1.29, 1.82) is 0 Å². The van der Waals surface area contributed by atoms with Gasteiger partial charge in [-0.25, -0.2) is 9.79 Å². The topological polar surface area (TPSA) is 65.0 Å².